The van der Waals surface area contributed by atoms with Crippen LogP contribution < -0.4 is 14.8 Å². The molecule has 0 atom stereocenters. The number of hydrogen-bond acceptors (Lipinski definition) is 5. The summed E-state index contributed by atoms with van der Waals surface area (Å²) in [6.45, 7) is 1.82. The van der Waals surface area contributed by atoms with Crippen molar-refractivity contribution in [1.82, 2.24) is 4.37 Å². The van der Waals surface area contributed by atoms with E-state index in [0.29, 0.717) is 11.5 Å². The van der Waals surface area contributed by atoms with E-state index < -0.39 is 0 Å². The highest BCUT2D eigenvalue weighted by molar-refractivity contribution is 7.10. The number of nitrogens with one attached hydrogen (secondary N) is 1. The van der Waals surface area contributed by atoms with Gasteiger partial charge in [-0.2, -0.15) is 4.37 Å². The van der Waals surface area contributed by atoms with Crippen LogP contribution in [0.2, 0.25) is 0 Å². The summed E-state index contributed by atoms with van der Waals surface area (Å²) in [5, 5.41) is 3.44. The Morgan fingerprint density at radius 1 is 1.37 bits per heavy atom. The number of benzene rings is 1. The van der Waals surface area contributed by atoms with E-state index in [1.807, 2.05) is 19.1 Å². The Morgan fingerprint density at radius 2 is 2.16 bits per heavy atom. The van der Waals surface area contributed by atoms with Crippen molar-refractivity contribution in [2.24, 2.45) is 0 Å². The van der Waals surface area contributed by atoms with Crippen LogP contribution in [0.3, 0.4) is 0 Å². The Hall–Kier alpha value is -2.08. The number of aryl methyl sites for hydroxylation is 1. The minimum absolute atomic E-state index is 0.0515. The van der Waals surface area contributed by atoms with Crippen LogP contribution in [0.5, 0.6) is 11.5 Å². The summed E-state index contributed by atoms with van der Waals surface area (Å²) >= 11 is 1.25. The maximum Gasteiger partial charge on any atom is 0.262 e. The molecule has 2 aromatic rings. The van der Waals surface area contributed by atoms with Gasteiger partial charge in [0.15, 0.2) is 6.61 Å². The molecule has 1 amide bonds. The number of rotatable bonds is 5. The maximum absolute atomic E-state index is 11.7. The van der Waals surface area contributed by atoms with Crippen LogP contribution in [0.25, 0.3) is 0 Å². The summed E-state index contributed by atoms with van der Waals surface area (Å²) in [7, 11) is 1.58. The molecular weight excluding hydrogens is 264 g/mol. The lowest BCUT2D eigenvalue weighted by atomic mass is 10.3. The number of hydrogen-bond donors (Lipinski definition) is 1. The molecular formula is C13H14N2O3S. The van der Waals surface area contributed by atoms with E-state index in [9.17, 15) is 4.79 Å². The average Bonchev–Trinajstić information content (AvgIpc) is 2.82. The zero-order chi connectivity index (χ0) is 13.7. The Labute approximate surface area is 115 Å². The monoisotopic (exact) mass is 278 g/mol. The summed E-state index contributed by atoms with van der Waals surface area (Å²) < 4.78 is 14.5. The number of aromatic nitrogens is 1. The van der Waals surface area contributed by atoms with Crippen molar-refractivity contribution < 1.29 is 14.3 Å². The van der Waals surface area contributed by atoms with Crippen molar-refractivity contribution in [2.75, 3.05) is 19.0 Å². The normalized spacial score (nSPS) is 10.0. The second-order valence-electron chi connectivity index (χ2n) is 3.85. The lowest BCUT2D eigenvalue weighted by molar-refractivity contribution is -0.118. The zero-order valence-electron chi connectivity index (χ0n) is 10.7. The topological polar surface area (TPSA) is 60.5 Å². The number of carbonyl (C=O) groups is 1. The van der Waals surface area contributed by atoms with Crippen LogP contribution in [0.15, 0.2) is 30.3 Å². The lowest BCUT2D eigenvalue weighted by Gasteiger charge is -2.07. The van der Waals surface area contributed by atoms with Gasteiger partial charge in [-0.15, -0.1) is 0 Å². The Kier molecular flexibility index (Phi) is 4.35. The number of methoxy groups -OCH3 is 1. The highest BCUT2D eigenvalue weighted by Gasteiger charge is 2.06. The number of ether oxygens (including phenoxy) is 2. The first-order valence-electron chi connectivity index (χ1n) is 5.67. The molecule has 0 saturated carbocycles. The fraction of sp³-hybridized carbons (Fsp3) is 0.231. The van der Waals surface area contributed by atoms with Crippen molar-refractivity contribution in [1.29, 1.82) is 0 Å². The van der Waals surface area contributed by atoms with Crippen LogP contribution in [0.4, 0.5) is 5.00 Å². The van der Waals surface area contributed by atoms with Gasteiger partial charge in [0.25, 0.3) is 5.91 Å². The van der Waals surface area contributed by atoms with Crippen LogP contribution in [0.1, 0.15) is 5.69 Å². The van der Waals surface area contributed by atoms with Crippen molar-refractivity contribution in [2.45, 2.75) is 6.92 Å². The van der Waals surface area contributed by atoms with Gasteiger partial charge in [-0.05, 0) is 36.7 Å². The first-order chi connectivity index (χ1) is 9.17. The number of carbonyl (C=O) groups excluding carboxylic acids is 1. The van der Waals surface area contributed by atoms with Gasteiger partial charge < -0.3 is 14.8 Å². The predicted octanol–water partition coefficient (Wildman–Crippen LogP) is 2.48. The third kappa shape index (κ3) is 3.96. The van der Waals surface area contributed by atoms with Crippen LogP contribution in [-0.2, 0) is 4.79 Å². The van der Waals surface area contributed by atoms with E-state index in [1.54, 1.807) is 25.3 Å². The van der Waals surface area contributed by atoms with E-state index in [-0.39, 0.29) is 12.5 Å². The third-order valence-corrected chi connectivity index (χ3v) is 3.10. The van der Waals surface area contributed by atoms with E-state index in [0.717, 1.165) is 10.7 Å². The fourth-order valence-corrected chi connectivity index (χ4v) is 2.11. The fourth-order valence-electron chi connectivity index (χ4n) is 1.44. The minimum atomic E-state index is -0.216. The predicted molar refractivity (Wildman–Crippen MR) is 74.0 cm³/mol. The minimum Gasteiger partial charge on any atom is -0.497 e. The number of anilines is 1. The molecule has 0 aliphatic rings. The van der Waals surface area contributed by atoms with Crippen molar-refractivity contribution in [3.05, 3.63) is 36.0 Å². The van der Waals surface area contributed by atoms with Gasteiger partial charge in [-0.25, -0.2) is 0 Å². The summed E-state index contributed by atoms with van der Waals surface area (Å²) in [4.78, 5) is 11.7. The maximum atomic E-state index is 11.7. The number of amides is 1. The molecule has 1 N–H and O–H groups in total. The van der Waals surface area contributed by atoms with Gasteiger partial charge in [0.1, 0.15) is 16.5 Å². The molecule has 0 spiro atoms. The molecule has 19 heavy (non-hydrogen) atoms. The summed E-state index contributed by atoms with van der Waals surface area (Å²) in [5.41, 5.74) is 0.883. The summed E-state index contributed by atoms with van der Waals surface area (Å²) in [6.07, 6.45) is 0. The first-order valence-corrected chi connectivity index (χ1v) is 6.45. The van der Waals surface area contributed by atoms with E-state index in [2.05, 4.69) is 9.69 Å². The molecule has 1 heterocycles. The molecule has 100 valence electrons. The van der Waals surface area contributed by atoms with Gasteiger partial charge in [-0.1, -0.05) is 6.07 Å². The molecule has 2 rings (SSSR count). The first kappa shape index (κ1) is 13.4. The molecule has 0 aliphatic carbocycles. The Bertz CT molecular complexity index is 569. The molecule has 1 aromatic heterocycles. The molecule has 0 fully saturated rings. The molecule has 0 bridgehead atoms. The second kappa shape index (κ2) is 6.19. The highest BCUT2D eigenvalue weighted by Crippen LogP contribution is 2.19. The molecule has 5 nitrogen and oxygen atoms in total. The summed E-state index contributed by atoms with van der Waals surface area (Å²) in [6, 6.07) is 8.93. The smallest absolute Gasteiger partial charge is 0.262 e. The molecule has 6 heteroatoms. The quantitative estimate of drug-likeness (QED) is 0.912. The van der Waals surface area contributed by atoms with E-state index in [4.69, 9.17) is 9.47 Å². The Balaban J connectivity index is 1.86. The zero-order valence-corrected chi connectivity index (χ0v) is 11.5. The highest BCUT2D eigenvalue weighted by atomic mass is 32.1. The second-order valence-corrected chi connectivity index (χ2v) is 4.65. The molecule has 0 saturated heterocycles. The Morgan fingerprint density at radius 3 is 2.84 bits per heavy atom. The van der Waals surface area contributed by atoms with Gasteiger partial charge in [-0.3, -0.25) is 4.79 Å². The standard InChI is InChI=1S/C13H14N2O3S/c1-9-6-13(19-15-9)14-12(16)8-18-11-5-3-4-10(7-11)17-2/h3-7H,8H2,1-2H3,(H,14,16). The van der Waals surface area contributed by atoms with E-state index in [1.165, 1.54) is 11.5 Å². The molecule has 0 aliphatic heterocycles. The van der Waals surface area contributed by atoms with Crippen LogP contribution >= 0.6 is 11.5 Å². The molecule has 0 radical (unpaired) electrons. The lowest BCUT2D eigenvalue weighted by Crippen LogP contribution is -2.19. The van der Waals surface area contributed by atoms with E-state index >= 15 is 0 Å². The van der Waals surface area contributed by atoms with Crippen LogP contribution in [-0.4, -0.2) is 24.0 Å². The third-order valence-electron chi connectivity index (χ3n) is 2.30. The van der Waals surface area contributed by atoms with Gasteiger partial charge in [0.2, 0.25) is 0 Å². The van der Waals surface area contributed by atoms with Crippen LogP contribution in [0, 0.1) is 6.92 Å². The SMILES string of the molecule is COc1cccc(OCC(=O)Nc2cc(C)ns2)c1. The van der Waals surface area contributed by atoms with Gasteiger partial charge >= 0.3 is 0 Å². The van der Waals surface area contributed by atoms with Gasteiger partial charge in [0.05, 0.1) is 12.8 Å². The largest absolute Gasteiger partial charge is 0.497 e. The number of nitrogens with zero attached hydrogens (tertiary/aromatic N) is 1. The van der Waals surface area contributed by atoms with Crippen molar-refractivity contribution in [3.63, 3.8) is 0 Å². The van der Waals surface area contributed by atoms with Gasteiger partial charge in [0, 0.05) is 6.07 Å². The van der Waals surface area contributed by atoms with Crippen molar-refractivity contribution >= 4 is 22.4 Å². The molecule has 1 aromatic carbocycles. The summed E-state index contributed by atoms with van der Waals surface area (Å²) in [5.74, 6) is 1.07. The van der Waals surface area contributed by atoms with Crippen molar-refractivity contribution in [3.8, 4) is 11.5 Å². The molecule has 0 unspecified atom stereocenters. The average molecular weight is 278 g/mol.